The predicted molar refractivity (Wildman–Crippen MR) is 73.0 cm³/mol. The van der Waals surface area contributed by atoms with Gasteiger partial charge in [-0.2, -0.15) is 13.2 Å². The predicted octanol–water partition coefficient (Wildman–Crippen LogP) is 2.76. The monoisotopic (exact) mass is 298 g/mol. The summed E-state index contributed by atoms with van der Waals surface area (Å²) in [5.74, 6) is 0.406. The highest BCUT2D eigenvalue weighted by Gasteiger charge is 2.35. The van der Waals surface area contributed by atoms with Gasteiger partial charge in [-0.05, 0) is 31.0 Å². The molecular formula is C15H17F3N2O. The molecule has 2 aliphatic rings. The minimum Gasteiger partial charge on any atom is -0.368 e. The number of piperazine rings is 1. The second-order valence-electron chi connectivity index (χ2n) is 5.63. The number of rotatable bonds is 2. The molecule has 0 atom stereocenters. The number of carbonyl (C=O) groups is 1. The number of hydrogen-bond donors (Lipinski definition) is 0. The molecule has 1 aromatic rings. The molecule has 1 aromatic carbocycles. The van der Waals surface area contributed by atoms with Crippen molar-refractivity contribution < 1.29 is 18.0 Å². The Kier molecular flexibility index (Phi) is 3.55. The third kappa shape index (κ3) is 3.14. The maximum Gasteiger partial charge on any atom is 0.416 e. The fourth-order valence-electron chi connectivity index (χ4n) is 2.65. The van der Waals surface area contributed by atoms with Crippen LogP contribution in [0.5, 0.6) is 0 Å². The highest BCUT2D eigenvalue weighted by molar-refractivity contribution is 5.81. The molecule has 0 N–H and O–H groups in total. The van der Waals surface area contributed by atoms with Gasteiger partial charge in [-0.1, -0.05) is 6.07 Å². The Bertz CT molecular complexity index is 532. The van der Waals surface area contributed by atoms with E-state index in [0.29, 0.717) is 31.9 Å². The summed E-state index contributed by atoms with van der Waals surface area (Å²) in [5, 5.41) is 0. The molecule has 1 heterocycles. The summed E-state index contributed by atoms with van der Waals surface area (Å²) in [6, 6.07) is 5.38. The highest BCUT2D eigenvalue weighted by atomic mass is 19.4. The van der Waals surface area contributed by atoms with Gasteiger partial charge in [0.2, 0.25) is 5.91 Å². The lowest BCUT2D eigenvalue weighted by atomic mass is 10.1. The van der Waals surface area contributed by atoms with Crippen LogP contribution in [0, 0.1) is 5.92 Å². The lowest BCUT2D eigenvalue weighted by Gasteiger charge is -2.36. The molecular weight excluding hydrogens is 281 g/mol. The van der Waals surface area contributed by atoms with Gasteiger partial charge in [-0.25, -0.2) is 0 Å². The lowest BCUT2D eigenvalue weighted by molar-refractivity contribution is -0.137. The van der Waals surface area contributed by atoms with Crippen molar-refractivity contribution in [3.8, 4) is 0 Å². The molecule has 1 aliphatic heterocycles. The van der Waals surface area contributed by atoms with E-state index in [1.807, 2.05) is 9.80 Å². The van der Waals surface area contributed by atoms with Crippen molar-refractivity contribution in [3.05, 3.63) is 29.8 Å². The first kappa shape index (κ1) is 14.2. The zero-order valence-corrected chi connectivity index (χ0v) is 11.6. The van der Waals surface area contributed by atoms with Crippen molar-refractivity contribution in [2.24, 2.45) is 5.92 Å². The fourth-order valence-corrected chi connectivity index (χ4v) is 2.65. The fraction of sp³-hybridized carbons (Fsp3) is 0.533. The van der Waals surface area contributed by atoms with E-state index >= 15 is 0 Å². The molecule has 1 amide bonds. The van der Waals surface area contributed by atoms with Crippen LogP contribution in [0.25, 0.3) is 0 Å². The van der Waals surface area contributed by atoms with Crippen molar-refractivity contribution in [1.29, 1.82) is 0 Å². The smallest absolute Gasteiger partial charge is 0.368 e. The Balaban J connectivity index is 1.65. The van der Waals surface area contributed by atoms with Crippen LogP contribution in [-0.4, -0.2) is 37.0 Å². The number of nitrogens with zero attached hydrogens (tertiary/aromatic N) is 2. The Morgan fingerprint density at radius 2 is 1.76 bits per heavy atom. The molecule has 1 saturated carbocycles. The second-order valence-corrected chi connectivity index (χ2v) is 5.63. The molecule has 2 fully saturated rings. The topological polar surface area (TPSA) is 23.6 Å². The summed E-state index contributed by atoms with van der Waals surface area (Å²) in [4.78, 5) is 15.7. The number of alkyl halides is 3. The zero-order chi connectivity index (χ0) is 15.0. The molecule has 114 valence electrons. The average molecular weight is 298 g/mol. The number of carbonyl (C=O) groups excluding carboxylic acids is 1. The third-order valence-electron chi connectivity index (χ3n) is 4.06. The minimum atomic E-state index is -4.32. The van der Waals surface area contributed by atoms with Crippen molar-refractivity contribution >= 4 is 11.6 Å². The first-order valence-corrected chi connectivity index (χ1v) is 7.16. The van der Waals surface area contributed by atoms with E-state index in [1.165, 1.54) is 12.1 Å². The summed E-state index contributed by atoms with van der Waals surface area (Å²) in [6.45, 7) is 2.34. The van der Waals surface area contributed by atoms with Crippen LogP contribution in [0.2, 0.25) is 0 Å². The molecule has 0 bridgehead atoms. The lowest BCUT2D eigenvalue weighted by Crippen LogP contribution is -2.49. The van der Waals surface area contributed by atoms with Crippen LogP contribution in [0.1, 0.15) is 18.4 Å². The van der Waals surface area contributed by atoms with Gasteiger partial charge in [0.1, 0.15) is 0 Å². The Morgan fingerprint density at radius 1 is 1.10 bits per heavy atom. The maximum atomic E-state index is 12.7. The van der Waals surface area contributed by atoms with Crippen molar-refractivity contribution in [3.63, 3.8) is 0 Å². The number of benzene rings is 1. The molecule has 3 rings (SSSR count). The van der Waals surface area contributed by atoms with Gasteiger partial charge < -0.3 is 9.80 Å². The largest absolute Gasteiger partial charge is 0.416 e. The van der Waals surface area contributed by atoms with E-state index in [9.17, 15) is 18.0 Å². The zero-order valence-electron chi connectivity index (χ0n) is 11.6. The first-order valence-electron chi connectivity index (χ1n) is 7.16. The number of halogens is 3. The van der Waals surface area contributed by atoms with Crippen LogP contribution in [-0.2, 0) is 11.0 Å². The standard InChI is InChI=1S/C15H17F3N2O/c16-15(17,18)12-2-1-3-13(10-12)19-6-8-20(9-7-19)14(21)11-4-5-11/h1-3,10-11H,4-9H2. The number of amides is 1. The number of anilines is 1. The van der Waals surface area contributed by atoms with Crippen LogP contribution in [0.3, 0.4) is 0 Å². The van der Waals surface area contributed by atoms with E-state index in [2.05, 4.69) is 0 Å². The van der Waals surface area contributed by atoms with Gasteiger partial charge in [0.25, 0.3) is 0 Å². The molecule has 0 unspecified atom stereocenters. The van der Waals surface area contributed by atoms with Crippen molar-refractivity contribution in [2.45, 2.75) is 19.0 Å². The summed E-state index contributed by atoms with van der Waals surface area (Å²) in [5.41, 5.74) is -0.0557. The second kappa shape index (κ2) is 5.24. The Labute approximate surface area is 121 Å². The third-order valence-corrected chi connectivity index (χ3v) is 4.06. The molecule has 1 saturated heterocycles. The van der Waals surface area contributed by atoms with E-state index < -0.39 is 11.7 Å². The van der Waals surface area contributed by atoms with Gasteiger partial charge in [0.05, 0.1) is 5.56 Å². The molecule has 0 spiro atoms. The number of hydrogen-bond acceptors (Lipinski definition) is 2. The maximum absolute atomic E-state index is 12.7. The molecule has 0 aromatic heterocycles. The first-order chi connectivity index (χ1) is 9.95. The Hall–Kier alpha value is -1.72. The summed E-state index contributed by atoms with van der Waals surface area (Å²) in [6.07, 6.45) is -2.36. The van der Waals surface area contributed by atoms with Crippen LogP contribution < -0.4 is 4.90 Å². The van der Waals surface area contributed by atoms with Gasteiger partial charge in [0, 0.05) is 37.8 Å². The van der Waals surface area contributed by atoms with E-state index in [1.54, 1.807) is 6.07 Å². The molecule has 6 heteroatoms. The average Bonchev–Trinajstić information content (AvgIpc) is 3.31. The molecule has 1 aliphatic carbocycles. The molecule has 0 radical (unpaired) electrons. The summed E-state index contributed by atoms with van der Waals surface area (Å²) >= 11 is 0. The van der Waals surface area contributed by atoms with E-state index in [0.717, 1.165) is 18.9 Å². The Morgan fingerprint density at radius 3 is 2.33 bits per heavy atom. The van der Waals surface area contributed by atoms with Gasteiger partial charge in [-0.3, -0.25) is 4.79 Å². The summed E-state index contributed by atoms with van der Waals surface area (Å²) in [7, 11) is 0. The van der Waals surface area contributed by atoms with E-state index in [-0.39, 0.29) is 11.8 Å². The van der Waals surface area contributed by atoms with E-state index in [4.69, 9.17) is 0 Å². The molecule has 3 nitrogen and oxygen atoms in total. The minimum absolute atomic E-state index is 0.199. The quantitative estimate of drug-likeness (QED) is 0.838. The molecule has 21 heavy (non-hydrogen) atoms. The van der Waals surface area contributed by atoms with Crippen LogP contribution >= 0.6 is 0 Å². The normalized spacial score (nSPS) is 19.8. The van der Waals surface area contributed by atoms with Gasteiger partial charge in [-0.15, -0.1) is 0 Å². The summed E-state index contributed by atoms with van der Waals surface area (Å²) < 4.78 is 38.2. The van der Waals surface area contributed by atoms with Gasteiger partial charge in [0.15, 0.2) is 0 Å². The highest BCUT2D eigenvalue weighted by Crippen LogP contribution is 2.33. The van der Waals surface area contributed by atoms with Crippen LogP contribution in [0.15, 0.2) is 24.3 Å². The van der Waals surface area contributed by atoms with Gasteiger partial charge >= 0.3 is 6.18 Å². The SMILES string of the molecule is O=C(C1CC1)N1CCN(c2cccc(C(F)(F)F)c2)CC1. The van der Waals surface area contributed by atoms with Crippen LogP contribution in [0.4, 0.5) is 18.9 Å². The van der Waals surface area contributed by atoms with Crippen molar-refractivity contribution in [2.75, 3.05) is 31.1 Å². The van der Waals surface area contributed by atoms with Crippen molar-refractivity contribution in [1.82, 2.24) is 4.90 Å².